The van der Waals surface area contributed by atoms with Gasteiger partial charge in [-0.05, 0) is 31.2 Å². The van der Waals surface area contributed by atoms with Crippen LogP contribution in [0, 0.1) is 0 Å². The molecule has 2 amide bonds. The third kappa shape index (κ3) is 5.43. The third-order valence-electron chi connectivity index (χ3n) is 2.60. The van der Waals surface area contributed by atoms with Gasteiger partial charge in [0.1, 0.15) is 6.54 Å². The van der Waals surface area contributed by atoms with Crippen LogP contribution in [0.5, 0.6) is 0 Å². The first-order chi connectivity index (χ1) is 9.81. The summed E-state index contributed by atoms with van der Waals surface area (Å²) in [5.41, 5.74) is 0.379. The maximum atomic E-state index is 11.8. The molecule has 1 rings (SSSR count). The number of nitrogens with zero attached hydrogens (tertiary/aromatic N) is 1. The second kappa shape index (κ2) is 7.64. The molecule has 0 radical (unpaired) electrons. The second-order valence-corrected chi connectivity index (χ2v) is 4.99. The number of benzene rings is 1. The van der Waals surface area contributed by atoms with Gasteiger partial charge in [0.15, 0.2) is 6.10 Å². The molecule has 0 saturated carbocycles. The van der Waals surface area contributed by atoms with Gasteiger partial charge >= 0.3 is 5.97 Å². The van der Waals surface area contributed by atoms with Gasteiger partial charge in [0, 0.05) is 24.7 Å². The molecule has 0 heterocycles. The third-order valence-corrected chi connectivity index (χ3v) is 2.85. The molecule has 0 aliphatic carbocycles. The van der Waals surface area contributed by atoms with Crippen molar-refractivity contribution in [1.82, 2.24) is 10.2 Å². The van der Waals surface area contributed by atoms with Crippen LogP contribution in [0.1, 0.15) is 17.3 Å². The Balaban J connectivity index is 2.44. The summed E-state index contributed by atoms with van der Waals surface area (Å²) < 4.78 is 4.91. The summed E-state index contributed by atoms with van der Waals surface area (Å²) in [6, 6.07) is 6.24. The van der Waals surface area contributed by atoms with E-state index in [-0.39, 0.29) is 12.5 Å². The van der Waals surface area contributed by atoms with E-state index in [1.165, 1.54) is 11.8 Å². The van der Waals surface area contributed by atoms with Crippen molar-refractivity contribution >= 4 is 29.4 Å². The van der Waals surface area contributed by atoms with E-state index in [4.69, 9.17) is 16.3 Å². The monoisotopic (exact) mass is 312 g/mol. The SMILES string of the molecule is C[C@@H](OC(=O)CNC(=O)c1ccc(Cl)cc1)C(=O)N(C)C. The predicted octanol–water partition coefficient (Wildman–Crippen LogP) is 1.09. The summed E-state index contributed by atoms with van der Waals surface area (Å²) in [6.07, 6.45) is -0.889. The number of rotatable bonds is 5. The van der Waals surface area contributed by atoms with E-state index in [9.17, 15) is 14.4 Å². The first kappa shape index (κ1) is 17.0. The van der Waals surface area contributed by atoms with Crippen molar-refractivity contribution in [2.24, 2.45) is 0 Å². The molecule has 1 aromatic rings. The van der Waals surface area contributed by atoms with Gasteiger partial charge in [0.2, 0.25) is 0 Å². The Kier molecular flexibility index (Phi) is 6.17. The van der Waals surface area contributed by atoms with Crippen LogP contribution in [0.4, 0.5) is 0 Å². The highest BCUT2D eigenvalue weighted by molar-refractivity contribution is 6.30. The van der Waals surface area contributed by atoms with Gasteiger partial charge in [-0.3, -0.25) is 14.4 Å². The van der Waals surface area contributed by atoms with Crippen LogP contribution in [0.15, 0.2) is 24.3 Å². The van der Waals surface area contributed by atoms with Gasteiger partial charge in [0.05, 0.1) is 0 Å². The van der Waals surface area contributed by atoms with Crippen molar-refractivity contribution < 1.29 is 19.1 Å². The molecule has 0 fully saturated rings. The zero-order valence-electron chi connectivity index (χ0n) is 12.1. The van der Waals surface area contributed by atoms with Crippen LogP contribution in [0.2, 0.25) is 5.02 Å². The Hall–Kier alpha value is -2.08. The number of amides is 2. The van der Waals surface area contributed by atoms with E-state index in [1.807, 2.05) is 0 Å². The number of halogens is 1. The zero-order valence-corrected chi connectivity index (χ0v) is 12.8. The average Bonchev–Trinajstić information content (AvgIpc) is 2.44. The molecule has 0 spiro atoms. The first-order valence-corrected chi connectivity index (χ1v) is 6.63. The summed E-state index contributed by atoms with van der Waals surface area (Å²) in [5.74, 6) is -1.43. The molecule has 1 N–H and O–H groups in total. The van der Waals surface area contributed by atoms with Gasteiger partial charge in [0.25, 0.3) is 11.8 Å². The van der Waals surface area contributed by atoms with Gasteiger partial charge in [-0.2, -0.15) is 0 Å². The van der Waals surface area contributed by atoms with Gasteiger partial charge < -0.3 is 15.0 Å². The van der Waals surface area contributed by atoms with E-state index in [0.717, 1.165) is 0 Å². The number of carbonyl (C=O) groups excluding carboxylic acids is 3. The highest BCUT2D eigenvalue weighted by Gasteiger charge is 2.19. The Labute approximate surface area is 128 Å². The Morgan fingerprint density at radius 3 is 2.33 bits per heavy atom. The van der Waals surface area contributed by atoms with E-state index in [2.05, 4.69) is 5.32 Å². The van der Waals surface area contributed by atoms with Crippen LogP contribution in [-0.4, -0.2) is 49.4 Å². The smallest absolute Gasteiger partial charge is 0.326 e. The Morgan fingerprint density at radius 2 is 1.81 bits per heavy atom. The lowest BCUT2D eigenvalue weighted by Crippen LogP contribution is -2.38. The number of hydrogen-bond donors (Lipinski definition) is 1. The van der Waals surface area contributed by atoms with Crippen molar-refractivity contribution in [2.45, 2.75) is 13.0 Å². The molecule has 6 nitrogen and oxygen atoms in total. The number of likely N-dealkylation sites (N-methyl/N-ethyl adjacent to an activating group) is 1. The lowest BCUT2D eigenvalue weighted by molar-refractivity contribution is -0.157. The minimum atomic E-state index is -0.889. The van der Waals surface area contributed by atoms with E-state index >= 15 is 0 Å². The Morgan fingerprint density at radius 1 is 1.24 bits per heavy atom. The molecule has 0 aliphatic heterocycles. The maximum absolute atomic E-state index is 11.8. The average molecular weight is 313 g/mol. The molecule has 21 heavy (non-hydrogen) atoms. The number of hydrogen-bond acceptors (Lipinski definition) is 4. The fourth-order valence-corrected chi connectivity index (χ4v) is 1.63. The lowest BCUT2D eigenvalue weighted by Gasteiger charge is -2.17. The maximum Gasteiger partial charge on any atom is 0.326 e. The second-order valence-electron chi connectivity index (χ2n) is 4.55. The molecule has 0 aliphatic rings. The molecular weight excluding hydrogens is 296 g/mol. The summed E-state index contributed by atoms with van der Waals surface area (Å²) in [4.78, 5) is 36.1. The van der Waals surface area contributed by atoms with Crippen molar-refractivity contribution in [3.63, 3.8) is 0 Å². The van der Waals surface area contributed by atoms with E-state index in [0.29, 0.717) is 10.6 Å². The molecule has 0 aromatic heterocycles. The number of esters is 1. The normalized spacial score (nSPS) is 11.4. The predicted molar refractivity (Wildman–Crippen MR) is 78.0 cm³/mol. The molecule has 7 heteroatoms. The molecular formula is C14H17ClN2O4. The van der Waals surface area contributed by atoms with Gasteiger partial charge in [-0.25, -0.2) is 0 Å². The minimum Gasteiger partial charge on any atom is -0.451 e. The van der Waals surface area contributed by atoms with Crippen molar-refractivity contribution in [3.05, 3.63) is 34.9 Å². The summed E-state index contributed by atoms with van der Waals surface area (Å²) in [5, 5.41) is 2.93. The molecule has 114 valence electrons. The van der Waals surface area contributed by atoms with Crippen molar-refractivity contribution in [2.75, 3.05) is 20.6 Å². The largest absolute Gasteiger partial charge is 0.451 e. The fourth-order valence-electron chi connectivity index (χ4n) is 1.51. The van der Waals surface area contributed by atoms with Crippen LogP contribution in [0.25, 0.3) is 0 Å². The molecule has 0 unspecified atom stereocenters. The van der Waals surface area contributed by atoms with E-state index < -0.39 is 18.0 Å². The van der Waals surface area contributed by atoms with Crippen LogP contribution in [0.3, 0.4) is 0 Å². The van der Waals surface area contributed by atoms with Gasteiger partial charge in [-0.1, -0.05) is 11.6 Å². The summed E-state index contributed by atoms with van der Waals surface area (Å²) >= 11 is 5.71. The topological polar surface area (TPSA) is 75.7 Å². The van der Waals surface area contributed by atoms with Crippen LogP contribution in [-0.2, 0) is 14.3 Å². The standard InChI is InChI=1S/C14H17ClN2O4/c1-9(14(20)17(2)3)21-12(18)8-16-13(19)10-4-6-11(15)7-5-10/h4-7,9H,8H2,1-3H3,(H,16,19)/t9-/m1/s1. The van der Waals surface area contributed by atoms with Crippen molar-refractivity contribution in [1.29, 1.82) is 0 Å². The molecule has 0 bridgehead atoms. The minimum absolute atomic E-state index is 0.313. The van der Waals surface area contributed by atoms with Gasteiger partial charge in [-0.15, -0.1) is 0 Å². The summed E-state index contributed by atoms with van der Waals surface area (Å²) in [7, 11) is 3.13. The lowest BCUT2D eigenvalue weighted by atomic mass is 10.2. The van der Waals surface area contributed by atoms with Crippen LogP contribution < -0.4 is 5.32 Å². The molecule has 1 atom stereocenters. The van der Waals surface area contributed by atoms with Crippen LogP contribution >= 0.6 is 11.6 Å². The zero-order chi connectivity index (χ0) is 16.0. The highest BCUT2D eigenvalue weighted by Crippen LogP contribution is 2.09. The molecule has 1 aromatic carbocycles. The number of ether oxygens (including phenoxy) is 1. The van der Waals surface area contributed by atoms with E-state index in [1.54, 1.807) is 38.4 Å². The Bertz CT molecular complexity index is 528. The number of nitrogens with one attached hydrogen (secondary N) is 1. The fraction of sp³-hybridized carbons (Fsp3) is 0.357. The quantitative estimate of drug-likeness (QED) is 0.826. The highest BCUT2D eigenvalue weighted by atomic mass is 35.5. The first-order valence-electron chi connectivity index (χ1n) is 6.25. The summed E-state index contributed by atoms with van der Waals surface area (Å²) in [6.45, 7) is 1.16. The number of carbonyl (C=O) groups is 3. The molecule has 0 saturated heterocycles. The van der Waals surface area contributed by atoms with Crippen molar-refractivity contribution in [3.8, 4) is 0 Å².